The summed E-state index contributed by atoms with van der Waals surface area (Å²) in [6, 6.07) is 8.65. The van der Waals surface area contributed by atoms with Crippen LogP contribution in [0.25, 0.3) is 0 Å². The van der Waals surface area contributed by atoms with Crippen molar-refractivity contribution in [2.24, 2.45) is 0 Å². The van der Waals surface area contributed by atoms with E-state index in [9.17, 15) is 0 Å². The molecule has 2 aliphatic heterocycles. The molecule has 0 saturated carbocycles. The van der Waals surface area contributed by atoms with E-state index in [0.29, 0.717) is 12.1 Å². The van der Waals surface area contributed by atoms with Gasteiger partial charge in [0.15, 0.2) is 0 Å². The van der Waals surface area contributed by atoms with Gasteiger partial charge in [0, 0.05) is 17.2 Å². The zero-order valence-corrected chi connectivity index (χ0v) is 9.83. The second-order valence-corrected chi connectivity index (χ2v) is 5.19. The quantitative estimate of drug-likeness (QED) is 0.808. The van der Waals surface area contributed by atoms with E-state index < -0.39 is 0 Å². The van der Waals surface area contributed by atoms with E-state index in [2.05, 4.69) is 17.4 Å². The first kappa shape index (κ1) is 10.4. The average Bonchev–Trinajstić information content (AvgIpc) is 3.13. The third-order valence-electron chi connectivity index (χ3n) is 2.77. The van der Waals surface area contributed by atoms with Gasteiger partial charge in [0.25, 0.3) is 0 Å². The summed E-state index contributed by atoms with van der Waals surface area (Å²) < 4.78 is 11.0. The fourth-order valence-corrected chi connectivity index (χ4v) is 2.76. The average molecular weight is 237 g/mol. The van der Waals surface area contributed by atoms with Crippen LogP contribution in [0.3, 0.4) is 0 Å². The van der Waals surface area contributed by atoms with Gasteiger partial charge in [0.05, 0.1) is 18.8 Å². The van der Waals surface area contributed by atoms with Crippen LogP contribution < -0.4 is 10.1 Å². The van der Waals surface area contributed by atoms with Gasteiger partial charge < -0.3 is 14.8 Å². The zero-order chi connectivity index (χ0) is 10.8. The monoisotopic (exact) mass is 237 g/mol. The normalized spacial score (nSPS) is 27.8. The van der Waals surface area contributed by atoms with Crippen molar-refractivity contribution >= 4 is 11.8 Å². The number of hydrogen-bond donors (Lipinski definition) is 1. The van der Waals surface area contributed by atoms with Crippen LogP contribution in [0.15, 0.2) is 29.2 Å². The third kappa shape index (κ3) is 2.51. The highest BCUT2D eigenvalue weighted by Crippen LogP contribution is 2.31. The van der Waals surface area contributed by atoms with E-state index >= 15 is 0 Å². The standard InChI is InChI=1S/C12H15NO2S/c1-2-4-12-11(3-1)15-6-9(8-16-12)13-5-10-7-14-10/h1-4,9-10,13H,5-8H2. The number of hydrogen-bond acceptors (Lipinski definition) is 4. The molecule has 4 heteroatoms. The van der Waals surface area contributed by atoms with Gasteiger partial charge in [-0.05, 0) is 12.1 Å². The first-order valence-electron chi connectivity index (χ1n) is 5.61. The number of ether oxygens (including phenoxy) is 2. The number of rotatable bonds is 3. The van der Waals surface area contributed by atoms with E-state index in [0.717, 1.165) is 31.3 Å². The first-order valence-corrected chi connectivity index (χ1v) is 6.60. The first-order chi connectivity index (χ1) is 7.92. The molecular formula is C12H15NO2S. The van der Waals surface area contributed by atoms with Gasteiger partial charge in [-0.2, -0.15) is 0 Å². The summed E-state index contributed by atoms with van der Waals surface area (Å²) in [7, 11) is 0. The largest absolute Gasteiger partial charge is 0.491 e. The van der Waals surface area contributed by atoms with Crippen LogP contribution in [0, 0.1) is 0 Å². The Hall–Kier alpha value is -0.710. The molecule has 0 spiro atoms. The van der Waals surface area contributed by atoms with Crippen molar-refractivity contribution in [3.05, 3.63) is 24.3 Å². The minimum absolute atomic E-state index is 0.418. The number of nitrogens with one attached hydrogen (secondary N) is 1. The summed E-state index contributed by atoms with van der Waals surface area (Å²) in [5.41, 5.74) is 0. The molecule has 2 atom stereocenters. The molecule has 16 heavy (non-hydrogen) atoms. The molecule has 1 fully saturated rings. The minimum atomic E-state index is 0.418. The van der Waals surface area contributed by atoms with Gasteiger partial charge in [-0.1, -0.05) is 12.1 Å². The highest BCUT2D eigenvalue weighted by atomic mass is 32.2. The molecule has 0 amide bonds. The van der Waals surface area contributed by atoms with E-state index in [-0.39, 0.29) is 0 Å². The van der Waals surface area contributed by atoms with Crippen LogP contribution in [-0.4, -0.2) is 37.7 Å². The second kappa shape index (κ2) is 4.65. The lowest BCUT2D eigenvalue weighted by Gasteiger charge is -2.14. The van der Waals surface area contributed by atoms with Gasteiger partial charge in [0.2, 0.25) is 0 Å². The van der Waals surface area contributed by atoms with E-state index in [4.69, 9.17) is 9.47 Å². The molecule has 1 saturated heterocycles. The zero-order valence-electron chi connectivity index (χ0n) is 9.02. The fraction of sp³-hybridized carbons (Fsp3) is 0.500. The second-order valence-electron chi connectivity index (χ2n) is 4.13. The summed E-state index contributed by atoms with van der Waals surface area (Å²) in [5, 5.41) is 3.49. The Bertz CT molecular complexity index is 341. The Kier molecular flexibility index (Phi) is 3.04. The maximum absolute atomic E-state index is 5.79. The smallest absolute Gasteiger partial charge is 0.132 e. The van der Waals surface area contributed by atoms with Crippen molar-refractivity contribution < 1.29 is 9.47 Å². The lowest BCUT2D eigenvalue weighted by Crippen LogP contribution is -2.38. The Morgan fingerprint density at radius 3 is 3.06 bits per heavy atom. The van der Waals surface area contributed by atoms with Gasteiger partial charge >= 0.3 is 0 Å². The SMILES string of the molecule is c1ccc2c(c1)OCC(NCC1CO1)CS2. The van der Waals surface area contributed by atoms with Crippen LogP contribution in [0.5, 0.6) is 5.75 Å². The molecule has 2 heterocycles. The van der Waals surface area contributed by atoms with Crippen molar-refractivity contribution in [2.45, 2.75) is 17.0 Å². The van der Waals surface area contributed by atoms with Gasteiger partial charge in [-0.15, -0.1) is 11.8 Å². The molecule has 86 valence electrons. The number of fused-ring (bicyclic) bond motifs is 1. The van der Waals surface area contributed by atoms with Crippen molar-refractivity contribution in [1.82, 2.24) is 5.32 Å². The number of para-hydroxylation sites is 1. The van der Waals surface area contributed by atoms with Gasteiger partial charge in [0.1, 0.15) is 12.4 Å². The number of benzene rings is 1. The molecule has 0 radical (unpaired) electrons. The number of thioether (sulfide) groups is 1. The Balaban J connectivity index is 1.58. The van der Waals surface area contributed by atoms with Crippen LogP contribution in [0.1, 0.15) is 0 Å². The molecular weight excluding hydrogens is 222 g/mol. The highest BCUT2D eigenvalue weighted by Gasteiger charge is 2.24. The van der Waals surface area contributed by atoms with Crippen molar-refractivity contribution in [1.29, 1.82) is 0 Å². The topological polar surface area (TPSA) is 33.8 Å². The molecule has 0 aromatic heterocycles. The molecule has 2 aliphatic rings. The summed E-state index contributed by atoms with van der Waals surface area (Å²) in [6.07, 6.45) is 0.440. The molecule has 0 aliphatic carbocycles. The van der Waals surface area contributed by atoms with Crippen molar-refractivity contribution in [3.8, 4) is 5.75 Å². The highest BCUT2D eigenvalue weighted by molar-refractivity contribution is 7.99. The molecule has 1 aromatic rings. The minimum Gasteiger partial charge on any atom is -0.491 e. The molecule has 2 unspecified atom stereocenters. The Morgan fingerprint density at radius 1 is 1.31 bits per heavy atom. The summed E-state index contributed by atoms with van der Waals surface area (Å²) in [6.45, 7) is 2.61. The Morgan fingerprint density at radius 2 is 2.19 bits per heavy atom. The van der Waals surface area contributed by atoms with Crippen molar-refractivity contribution in [2.75, 3.05) is 25.5 Å². The van der Waals surface area contributed by atoms with E-state index in [1.165, 1.54) is 4.90 Å². The maximum Gasteiger partial charge on any atom is 0.132 e. The molecule has 0 bridgehead atoms. The molecule has 3 rings (SSSR count). The third-order valence-corrected chi connectivity index (χ3v) is 3.98. The van der Waals surface area contributed by atoms with Crippen LogP contribution in [0.4, 0.5) is 0 Å². The van der Waals surface area contributed by atoms with Crippen LogP contribution in [0.2, 0.25) is 0 Å². The molecule has 3 nitrogen and oxygen atoms in total. The van der Waals surface area contributed by atoms with Crippen LogP contribution in [-0.2, 0) is 4.74 Å². The fourth-order valence-electron chi connectivity index (χ4n) is 1.72. The summed E-state index contributed by atoms with van der Waals surface area (Å²) in [5.74, 6) is 2.07. The molecule has 1 aromatic carbocycles. The summed E-state index contributed by atoms with van der Waals surface area (Å²) in [4.78, 5) is 1.24. The van der Waals surface area contributed by atoms with E-state index in [1.807, 2.05) is 23.9 Å². The summed E-state index contributed by atoms with van der Waals surface area (Å²) >= 11 is 1.86. The van der Waals surface area contributed by atoms with Crippen molar-refractivity contribution in [3.63, 3.8) is 0 Å². The Labute approximate surface area is 99.5 Å². The van der Waals surface area contributed by atoms with Gasteiger partial charge in [-0.3, -0.25) is 0 Å². The van der Waals surface area contributed by atoms with E-state index in [1.54, 1.807) is 0 Å². The molecule has 1 N–H and O–H groups in total. The predicted molar refractivity (Wildman–Crippen MR) is 64.2 cm³/mol. The number of epoxide rings is 1. The maximum atomic E-state index is 5.79. The van der Waals surface area contributed by atoms with Crippen LogP contribution >= 0.6 is 11.8 Å². The lowest BCUT2D eigenvalue weighted by molar-refractivity contribution is 0.269. The van der Waals surface area contributed by atoms with Gasteiger partial charge in [-0.25, -0.2) is 0 Å². The predicted octanol–water partition coefficient (Wildman–Crippen LogP) is 1.53. The lowest BCUT2D eigenvalue weighted by atomic mass is 10.3.